The van der Waals surface area contributed by atoms with Gasteiger partial charge in [-0.25, -0.2) is 5.32 Å². The van der Waals surface area contributed by atoms with E-state index in [9.17, 15) is 0 Å². The number of rotatable bonds is 1. The lowest BCUT2D eigenvalue weighted by Crippen LogP contribution is -2.33. The van der Waals surface area contributed by atoms with Crippen LogP contribution in [0.1, 0.15) is 19.3 Å². The smallest absolute Gasteiger partial charge is 0.0290 e. The Hall–Kier alpha value is -0.0800. The average molecular weight is 139 g/mol. The summed E-state index contributed by atoms with van der Waals surface area (Å²) < 4.78 is 0. The van der Waals surface area contributed by atoms with Gasteiger partial charge < -0.3 is 0 Å². The predicted molar refractivity (Wildman–Crippen MR) is 41.1 cm³/mol. The first kappa shape index (κ1) is 6.62. The zero-order valence-corrected chi connectivity index (χ0v) is 6.42. The van der Waals surface area contributed by atoms with Gasteiger partial charge in [0.25, 0.3) is 0 Å². The molecule has 1 atom stereocenters. The average Bonchev–Trinajstić information content (AvgIpc) is 2.59. The standard InChI is InChI=1S/C8H15N2/c1-2-6-10(5-1)8-3-4-9-7-8/h8H,1-7H2/t8-/m0/s1. The van der Waals surface area contributed by atoms with Crippen molar-refractivity contribution >= 4 is 0 Å². The van der Waals surface area contributed by atoms with E-state index in [1.807, 2.05) is 0 Å². The minimum absolute atomic E-state index is 0.822. The highest BCUT2D eigenvalue weighted by atomic mass is 15.2. The van der Waals surface area contributed by atoms with Crippen LogP contribution < -0.4 is 5.32 Å². The molecule has 0 aromatic carbocycles. The minimum Gasteiger partial charge on any atom is -0.299 e. The zero-order chi connectivity index (χ0) is 6.81. The highest BCUT2D eigenvalue weighted by molar-refractivity contribution is 4.82. The molecular weight excluding hydrogens is 124 g/mol. The van der Waals surface area contributed by atoms with Crippen LogP contribution in [0, 0.1) is 0 Å². The summed E-state index contributed by atoms with van der Waals surface area (Å²) >= 11 is 0. The van der Waals surface area contributed by atoms with E-state index in [-0.39, 0.29) is 0 Å². The Morgan fingerprint density at radius 2 is 2.00 bits per heavy atom. The van der Waals surface area contributed by atoms with Crippen molar-refractivity contribution in [1.82, 2.24) is 10.2 Å². The maximum Gasteiger partial charge on any atom is 0.0290 e. The fraction of sp³-hybridized carbons (Fsp3) is 1.00. The molecule has 2 heterocycles. The third kappa shape index (κ3) is 1.18. The molecule has 2 heteroatoms. The van der Waals surface area contributed by atoms with E-state index < -0.39 is 0 Å². The SMILES string of the molecule is C1CCN([C@H]2CC[N]C2)C1. The fourth-order valence-corrected chi connectivity index (χ4v) is 1.98. The van der Waals surface area contributed by atoms with Gasteiger partial charge in [0.05, 0.1) is 0 Å². The van der Waals surface area contributed by atoms with Gasteiger partial charge in [0.1, 0.15) is 0 Å². The van der Waals surface area contributed by atoms with E-state index in [0.29, 0.717) is 0 Å². The van der Waals surface area contributed by atoms with Gasteiger partial charge in [-0.1, -0.05) is 0 Å². The summed E-state index contributed by atoms with van der Waals surface area (Å²) in [7, 11) is 0. The van der Waals surface area contributed by atoms with E-state index in [1.165, 1.54) is 32.4 Å². The van der Waals surface area contributed by atoms with Crippen LogP contribution in [0.5, 0.6) is 0 Å². The van der Waals surface area contributed by atoms with Crippen LogP contribution in [0.25, 0.3) is 0 Å². The van der Waals surface area contributed by atoms with Crippen LogP contribution in [0.15, 0.2) is 0 Å². The van der Waals surface area contributed by atoms with E-state index >= 15 is 0 Å². The van der Waals surface area contributed by atoms with Crippen molar-refractivity contribution in [2.75, 3.05) is 26.2 Å². The summed E-state index contributed by atoms with van der Waals surface area (Å²) in [4.78, 5) is 2.61. The van der Waals surface area contributed by atoms with E-state index in [4.69, 9.17) is 0 Å². The van der Waals surface area contributed by atoms with E-state index in [0.717, 1.165) is 19.1 Å². The second kappa shape index (κ2) is 2.89. The molecule has 10 heavy (non-hydrogen) atoms. The Morgan fingerprint density at radius 1 is 1.20 bits per heavy atom. The normalized spacial score (nSPS) is 35.4. The molecule has 0 aliphatic carbocycles. The largest absolute Gasteiger partial charge is 0.299 e. The highest BCUT2D eigenvalue weighted by Crippen LogP contribution is 2.15. The molecule has 2 saturated heterocycles. The second-order valence-corrected chi connectivity index (χ2v) is 3.32. The topological polar surface area (TPSA) is 17.3 Å². The fourth-order valence-electron chi connectivity index (χ4n) is 1.98. The van der Waals surface area contributed by atoms with Crippen molar-refractivity contribution in [3.63, 3.8) is 0 Å². The van der Waals surface area contributed by atoms with Gasteiger partial charge in [0.2, 0.25) is 0 Å². The Bertz CT molecular complexity index is 87.8. The van der Waals surface area contributed by atoms with Gasteiger partial charge in [0.15, 0.2) is 0 Å². The first-order valence-electron chi connectivity index (χ1n) is 4.34. The Labute approximate surface area is 62.6 Å². The van der Waals surface area contributed by atoms with Crippen molar-refractivity contribution in [3.05, 3.63) is 0 Å². The second-order valence-electron chi connectivity index (χ2n) is 3.32. The van der Waals surface area contributed by atoms with E-state index in [1.54, 1.807) is 0 Å². The first-order chi connectivity index (χ1) is 4.97. The molecule has 0 spiro atoms. The maximum absolute atomic E-state index is 4.37. The predicted octanol–water partition coefficient (Wildman–Crippen LogP) is 0.459. The minimum atomic E-state index is 0.822. The van der Waals surface area contributed by atoms with Crippen LogP contribution >= 0.6 is 0 Å². The lowest BCUT2D eigenvalue weighted by Gasteiger charge is -2.21. The molecular formula is C8H15N2. The van der Waals surface area contributed by atoms with Gasteiger partial charge in [-0.3, -0.25) is 4.90 Å². The van der Waals surface area contributed by atoms with Crippen LogP contribution in [0.4, 0.5) is 0 Å². The molecule has 0 N–H and O–H groups in total. The monoisotopic (exact) mass is 139 g/mol. The van der Waals surface area contributed by atoms with Gasteiger partial charge in [-0.2, -0.15) is 0 Å². The van der Waals surface area contributed by atoms with E-state index in [2.05, 4.69) is 10.2 Å². The molecule has 0 aromatic rings. The molecule has 0 aromatic heterocycles. The van der Waals surface area contributed by atoms with Crippen LogP contribution in [-0.4, -0.2) is 37.1 Å². The Kier molecular flexibility index (Phi) is 1.91. The summed E-state index contributed by atoms with van der Waals surface area (Å²) in [5, 5.41) is 4.37. The van der Waals surface area contributed by atoms with Crippen LogP contribution in [0.3, 0.4) is 0 Å². The molecule has 2 rings (SSSR count). The number of hydrogen-bond donors (Lipinski definition) is 0. The van der Waals surface area contributed by atoms with Crippen molar-refractivity contribution in [2.24, 2.45) is 0 Å². The Balaban J connectivity index is 1.85. The van der Waals surface area contributed by atoms with Gasteiger partial charge >= 0.3 is 0 Å². The number of hydrogen-bond acceptors (Lipinski definition) is 1. The van der Waals surface area contributed by atoms with Crippen molar-refractivity contribution in [1.29, 1.82) is 0 Å². The van der Waals surface area contributed by atoms with Crippen molar-refractivity contribution < 1.29 is 0 Å². The van der Waals surface area contributed by atoms with Gasteiger partial charge in [-0.05, 0) is 32.4 Å². The van der Waals surface area contributed by atoms with Crippen LogP contribution in [-0.2, 0) is 0 Å². The van der Waals surface area contributed by atoms with Gasteiger partial charge in [0, 0.05) is 19.1 Å². The molecule has 2 nitrogen and oxygen atoms in total. The van der Waals surface area contributed by atoms with Crippen molar-refractivity contribution in [2.45, 2.75) is 25.3 Å². The quantitative estimate of drug-likeness (QED) is 0.516. The molecule has 0 amide bonds. The molecule has 2 fully saturated rings. The maximum atomic E-state index is 4.37. The third-order valence-electron chi connectivity index (χ3n) is 2.62. The lowest BCUT2D eigenvalue weighted by molar-refractivity contribution is 0.258. The van der Waals surface area contributed by atoms with Gasteiger partial charge in [-0.15, -0.1) is 0 Å². The summed E-state index contributed by atoms with van der Waals surface area (Å²) in [6.45, 7) is 4.89. The molecule has 0 unspecified atom stereocenters. The highest BCUT2D eigenvalue weighted by Gasteiger charge is 2.24. The molecule has 57 valence electrons. The number of likely N-dealkylation sites (tertiary alicyclic amines) is 1. The summed E-state index contributed by atoms with van der Waals surface area (Å²) in [5.41, 5.74) is 0. The first-order valence-corrected chi connectivity index (χ1v) is 4.34. The Morgan fingerprint density at radius 3 is 2.60 bits per heavy atom. The molecule has 0 saturated carbocycles. The molecule has 2 aliphatic heterocycles. The summed E-state index contributed by atoms with van der Waals surface area (Å²) in [6, 6.07) is 0.822. The number of nitrogens with zero attached hydrogens (tertiary/aromatic N) is 2. The molecule has 2 aliphatic rings. The molecule has 1 radical (unpaired) electrons. The van der Waals surface area contributed by atoms with Crippen LogP contribution in [0.2, 0.25) is 0 Å². The third-order valence-corrected chi connectivity index (χ3v) is 2.62. The summed E-state index contributed by atoms with van der Waals surface area (Å²) in [6.07, 6.45) is 4.15. The summed E-state index contributed by atoms with van der Waals surface area (Å²) in [5.74, 6) is 0. The lowest BCUT2D eigenvalue weighted by atomic mass is 10.2. The zero-order valence-electron chi connectivity index (χ0n) is 6.42. The molecule has 0 bridgehead atoms. The van der Waals surface area contributed by atoms with Crippen molar-refractivity contribution in [3.8, 4) is 0 Å².